The largest absolute Gasteiger partial charge is 0.403 e. The van der Waals surface area contributed by atoms with Crippen molar-refractivity contribution in [2.24, 2.45) is 11.3 Å². The second-order valence-corrected chi connectivity index (χ2v) is 8.70. The van der Waals surface area contributed by atoms with Crippen molar-refractivity contribution < 1.29 is 31.1 Å². The molecule has 0 aromatic heterocycles. The highest BCUT2D eigenvalue weighted by Crippen LogP contribution is 2.59. The fourth-order valence-corrected chi connectivity index (χ4v) is 4.72. The quantitative estimate of drug-likeness (QED) is 0.704. The summed E-state index contributed by atoms with van der Waals surface area (Å²) in [6.07, 6.45) is -3.85. The van der Waals surface area contributed by atoms with E-state index in [1.54, 1.807) is 0 Å². The van der Waals surface area contributed by atoms with Gasteiger partial charge >= 0.3 is 6.18 Å². The number of hydrogen-bond donors (Lipinski definition) is 1. The summed E-state index contributed by atoms with van der Waals surface area (Å²) in [7, 11) is 0. The normalized spacial score (nSPS) is 24.9. The molecule has 1 aromatic rings. The van der Waals surface area contributed by atoms with E-state index in [1.165, 1.54) is 6.07 Å². The van der Waals surface area contributed by atoms with Crippen molar-refractivity contribution in [1.82, 2.24) is 10.2 Å². The van der Waals surface area contributed by atoms with Crippen LogP contribution in [0.1, 0.15) is 49.1 Å². The predicted octanol–water partition coefficient (Wildman–Crippen LogP) is 4.58. The van der Waals surface area contributed by atoms with E-state index < -0.39 is 47.3 Å². The van der Waals surface area contributed by atoms with E-state index in [9.17, 15) is 22.4 Å². The summed E-state index contributed by atoms with van der Waals surface area (Å²) >= 11 is 0. The Bertz CT molecular complexity index is 814. The molecule has 3 aliphatic rings. The number of piperidine rings is 1. The number of nitrogens with zero attached hydrogens (tertiary/aromatic N) is 1. The minimum Gasteiger partial charge on any atom is -0.341 e. The van der Waals surface area contributed by atoms with Gasteiger partial charge in [-0.05, 0) is 68.8 Å². The lowest BCUT2D eigenvalue weighted by Crippen LogP contribution is -2.43. The average molecular weight is 434 g/mol. The van der Waals surface area contributed by atoms with Crippen LogP contribution in [0.4, 0.5) is 26.3 Å². The minimum atomic E-state index is -4.68. The van der Waals surface area contributed by atoms with Crippen molar-refractivity contribution in [1.29, 1.82) is 0 Å². The molecular weight excluding hydrogens is 410 g/mol. The Morgan fingerprint density at radius 2 is 1.73 bits per heavy atom. The van der Waals surface area contributed by atoms with Crippen molar-refractivity contribution in [2.45, 2.75) is 50.1 Å². The van der Waals surface area contributed by atoms with Gasteiger partial charge in [0.2, 0.25) is 5.91 Å². The van der Waals surface area contributed by atoms with Gasteiger partial charge in [0, 0.05) is 19.0 Å². The number of benzene rings is 1. The van der Waals surface area contributed by atoms with E-state index in [1.807, 2.05) is 0 Å². The van der Waals surface area contributed by atoms with E-state index in [2.05, 4.69) is 5.32 Å². The fraction of sp³-hybridized carbons (Fsp3) is 0.667. The first-order valence-electron chi connectivity index (χ1n) is 10.3. The molecule has 1 N–H and O–H groups in total. The molecule has 1 unspecified atom stereocenters. The number of halogens is 6. The highest BCUT2D eigenvalue weighted by molar-refractivity contribution is 5.86. The third kappa shape index (κ3) is 3.59. The molecule has 1 aliphatic carbocycles. The Kier molecular flexibility index (Phi) is 5.31. The number of nitrogens with one attached hydrogen (secondary N) is 1. The topological polar surface area (TPSA) is 32.3 Å². The van der Waals surface area contributed by atoms with Crippen LogP contribution < -0.4 is 5.32 Å². The van der Waals surface area contributed by atoms with Crippen LogP contribution in [0.3, 0.4) is 0 Å². The van der Waals surface area contributed by atoms with Gasteiger partial charge in [0.05, 0.1) is 5.56 Å². The van der Waals surface area contributed by atoms with E-state index in [0.717, 1.165) is 43.0 Å². The van der Waals surface area contributed by atoms with Gasteiger partial charge in [0.25, 0.3) is 5.92 Å². The van der Waals surface area contributed by atoms with Crippen molar-refractivity contribution in [3.05, 3.63) is 35.1 Å². The summed E-state index contributed by atoms with van der Waals surface area (Å²) in [5.41, 5.74) is -2.49. The summed E-state index contributed by atoms with van der Waals surface area (Å²) in [6, 6.07) is 3.76. The van der Waals surface area contributed by atoms with Crippen LogP contribution in [-0.2, 0) is 10.7 Å². The Hall–Kier alpha value is -1.77. The summed E-state index contributed by atoms with van der Waals surface area (Å²) in [5, 5.41) is 3.19. The van der Waals surface area contributed by atoms with Crippen LogP contribution in [0, 0.1) is 17.2 Å². The van der Waals surface area contributed by atoms with Crippen molar-refractivity contribution in [3.63, 3.8) is 0 Å². The van der Waals surface area contributed by atoms with Crippen LogP contribution >= 0.6 is 0 Å². The number of likely N-dealkylation sites (tertiary alicyclic amines) is 1. The van der Waals surface area contributed by atoms with Gasteiger partial charge in [0.15, 0.2) is 0 Å². The summed E-state index contributed by atoms with van der Waals surface area (Å²) in [4.78, 5) is 13.2. The zero-order valence-electron chi connectivity index (χ0n) is 16.4. The zero-order chi connectivity index (χ0) is 21.7. The third-order valence-corrected chi connectivity index (χ3v) is 6.85. The van der Waals surface area contributed by atoms with Crippen molar-refractivity contribution in [3.8, 4) is 0 Å². The first-order chi connectivity index (χ1) is 14.1. The molecule has 1 saturated carbocycles. The SMILES string of the molecule is O=C(N1CCC(C(F)(F)c2ccc(C3CCNCC3)cc2F)C1)C1(C(F)(F)F)CC1. The lowest BCUT2D eigenvalue weighted by Gasteiger charge is -2.28. The molecule has 1 atom stereocenters. The van der Waals surface area contributed by atoms with Crippen molar-refractivity contribution >= 4 is 5.91 Å². The van der Waals surface area contributed by atoms with Gasteiger partial charge in [0.1, 0.15) is 11.2 Å². The Balaban J connectivity index is 1.48. The molecule has 2 heterocycles. The monoisotopic (exact) mass is 434 g/mol. The maximum absolute atomic E-state index is 15.1. The number of carbonyl (C=O) groups is 1. The Morgan fingerprint density at radius 1 is 1.07 bits per heavy atom. The van der Waals surface area contributed by atoms with Crippen molar-refractivity contribution in [2.75, 3.05) is 26.2 Å². The van der Waals surface area contributed by atoms with Gasteiger partial charge in [-0.3, -0.25) is 4.79 Å². The van der Waals surface area contributed by atoms with Gasteiger partial charge in [-0.1, -0.05) is 6.07 Å². The molecule has 2 aliphatic heterocycles. The molecule has 3 fully saturated rings. The molecule has 3 nitrogen and oxygen atoms in total. The van der Waals surface area contributed by atoms with E-state index in [0.29, 0.717) is 5.56 Å². The number of rotatable bonds is 4. The fourth-order valence-electron chi connectivity index (χ4n) is 4.72. The van der Waals surface area contributed by atoms with Crippen LogP contribution in [0.15, 0.2) is 18.2 Å². The molecule has 2 saturated heterocycles. The second kappa shape index (κ2) is 7.43. The van der Waals surface area contributed by atoms with Crippen LogP contribution in [0.25, 0.3) is 0 Å². The zero-order valence-corrected chi connectivity index (χ0v) is 16.4. The van der Waals surface area contributed by atoms with Crippen LogP contribution in [0.2, 0.25) is 0 Å². The minimum absolute atomic E-state index is 0.111. The number of alkyl halides is 5. The van der Waals surface area contributed by atoms with Crippen LogP contribution in [0.5, 0.6) is 0 Å². The molecule has 1 amide bonds. The molecule has 9 heteroatoms. The number of carbonyl (C=O) groups excluding carboxylic acids is 1. The molecule has 0 spiro atoms. The maximum Gasteiger partial charge on any atom is 0.403 e. The first kappa shape index (κ1) is 21.5. The molecular formula is C21H24F6N2O. The molecule has 1 aromatic carbocycles. The predicted molar refractivity (Wildman–Crippen MR) is 97.5 cm³/mol. The molecule has 0 radical (unpaired) electrons. The second-order valence-electron chi connectivity index (χ2n) is 8.70. The lowest BCUT2D eigenvalue weighted by molar-refractivity contribution is -0.198. The highest BCUT2D eigenvalue weighted by Gasteiger charge is 2.69. The molecule has 4 rings (SSSR count). The Morgan fingerprint density at radius 3 is 2.30 bits per heavy atom. The lowest BCUT2D eigenvalue weighted by atomic mass is 9.87. The van der Waals surface area contributed by atoms with E-state index in [4.69, 9.17) is 0 Å². The smallest absolute Gasteiger partial charge is 0.341 e. The maximum atomic E-state index is 15.1. The first-order valence-corrected chi connectivity index (χ1v) is 10.3. The molecule has 30 heavy (non-hydrogen) atoms. The van der Waals surface area contributed by atoms with Gasteiger partial charge in [-0.15, -0.1) is 0 Å². The third-order valence-electron chi connectivity index (χ3n) is 6.85. The summed E-state index contributed by atoms with van der Waals surface area (Å²) in [6.45, 7) is 0.899. The average Bonchev–Trinajstić information content (AvgIpc) is 3.38. The Labute approximate surface area is 170 Å². The molecule has 0 bridgehead atoms. The summed E-state index contributed by atoms with van der Waals surface area (Å²) < 4.78 is 84.4. The summed E-state index contributed by atoms with van der Waals surface area (Å²) in [5.74, 6) is -7.00. The number of hydrogen-bond acceptors (Lipinski definition) is 2. The van der Waals surface area contributed by atoms with Gasteiger partial charge in [-0.25, -0.2) is 13.2 Å². The van der Waals surface area contributed by atoms with Gasteiger partial charge in [-0.2, -0.15) is 13.2 Å². The van der Waals surface area contributed by atoms with E-state index >= 15 is 8.78 Å². The van der Waals surface area contributed by atoms with Crippen LogP contribution in [-0.4, -0.2) is 43.2 Å². The molecule has 166 valence electrons. The van der Waals surface area contributed by atoms with E-state index in [-0.39, 0.29) is 31.7 Å². The highest BCUT2D eigenvalue weighted by atomic mass is 19.4. The number of amides is 1. The van der Waals surface area contributed by atoms with Gasteiger partial charge < -0.3 is 10.2 Å². The standard InChI is InChI=1S/C21H24F6N2O/c22-17-11-14(13-3-8-28-9-4-13)1-2-16(17)20(23,24)15-5-10-29(12-15)18(30)19(6-7-19)21(25,26)27/h1-2,11,13,15,28H,3-10,12H2.